The third-order valence-corrected chi connectivity index (χ3v) is 7.27. The van der Waals surface area contributed by atoms with Crippen molar-refractivity contribution in [2.75, 3.05) is 13.2 Å². The number of benzene rings is 1. The van der Waals surface area contributed by atoms with Crippen molar-refractivity contribution >= 4 is 23.6 Å². The SMILES string of the molecule is CC12CC(C=N)C(=Nc3cccnc3)C=C1CCC2CC(NC(=O)NCCO)c1ccccc1. The maximum absolute atomic E-state index is 12.4. The molecule has 2 aliphatic rings. The van der Waals surface area contributed by atoms with Crippen LogP contribution in [0.2, 0.25) is 0 Å². The van der Waals surface area contributed by atoms with Crippen LogP contribution in [0.3, 0.4) is 0 Å². The van der Waals surface area contributed by atoms with E-state index in [4.69, 9.17) is 15.5 Å². The second-order valence-corrected chi connectivity index (χ2v) is 9.37. The fraction of sp³-hybridized carbons (Fsp3) is 0.407. The number of amides is 2. The van der Waals surface area contributed by atoms with Gasteiger partial charge in [0.15, 0.2) is 0 Å². The predicted octanol–water partition coefficient (Wildman–Crippen LogP) is 4.59. The molecule has 0 radical (unpaired) electrons. The second kappa shape index (κ2) is 10.7. The second-order valence-electron chi connectivity index (χ2n) is 9.37. The highest BCUT2D eigenvalue weighted by Gasteiger charge is 2.47. The van der Waals surface area contributed by atoms with Crippen LogP contribution in [0.15, 0.2) is 71.5 Å². The van der Waals surface area contributed by atoms with Crippen LogP contribution in [-0.4, -0.2) is 41.2 Å². The molecule has 0 bridgehead atoms. The Morgan fingerprint density at radius 2 is 2.15 bits per heavy atom. The lowest BCUT2D eigenvalue weighted by Crippen LogP contribution is -2.41. The molecule has 0 aliphatic heterocycles. The van der Waals surface area contributed by atoms with Crippen LogP contribution >= 0.6 is 0 Å². The number of rotatable bonds is 8. The van der Waals surface area contributed by atoms with E-state index in [9.17, 15) is 4.79 Å². The number of pyridine rings is 1. The highest BCUT2D eigenvalue weighted by molar-refractivity contribution is 6.07. The number of carbonyl (C=O) groups excluding carboxylic acids is 1. The number of nitrogens with zero attached hydrogens (tertiary/aromatic N) is 2. The fourth-order valence-corrected chi connectivity index (χ4v) is 5.41. The Balaban J connectivity index is 1.58. The number of fused-ring (bicyclic) bond motifs is 1. The van der Waals surface area contributed by atoms with Gasteiger partial charge in [-0.2, -0.15) is 0 Å². The first kappa shape index (κ1) is 23.8. The molecule has 4 unspecified atom stereocenters. The molecule has 1 fully saturated rings. The normalized spacial score (nSPS) is 25.8. The average Bonchev–Trinajstić information content (AvgIpc) is 3.17. The first-order chi connectivity index (χ1) is 16.5. The number of nitrogens with one attached hydrogen (secondary N) is 3. The van der Waals surface area contributed by atoms with Gasteiger partial charge in [-0.1, -0.05) is 42.8 Å². The molecule has 7 heteroatoms. The Hall–Kier alpha value is -3.32. The van der Waals surface area contributed by atoms with E-state index in [0.717, 1.165) is 42.6 Å². The Labute approximate surface area is 200 Å². The van der Waals surface area contributed by atoms with E-state index >= 15 is 0 Å². The van der Waals surface area contributed by atoms with Crippen molar-refractivity contribution in [2.24, 2.45) is 22.2 Å². The monoisotopic (exact) mass is 459 g/mol. The molecule has 2 aliphatic carbocycles. The number of allylic oxidation sites excluding steroid dienone is 2. The molecule has 1 aromatic heterocycles. The van der Waals surface area contributed by atoms with Gasteiger partial charge in [0.2, 0.25) is 0 Å². The van der Waals surface area contributed by atoms with Crippen LogP contribution in [0, 0.1) is 22.7 Å². The third kappa shape index (κ3) is 5.25. The molecular formula is C27H33N5O2. The number of aliphatic imine (C=N–C) groups is 1. The number of hydrogen-bond acceptors (Lipinski definition) is 5. The summed E-state index contributed by atoms with van der Waals surface area (Å²) in [6.45, 7) is 2.44. The van der Waals surface area contributed by atoms with Crippen LogP contribution in [0.4, 0.5) is 10.5 Å². The summed E-state index contributed by atoms with van der Waals surface area (Å²) >= 11 is 0. The Bertz CT molecular complexity index is 1050. The molecule has 2 amide bonds. The van der Waals surface area contributed by atoms with E-state index in [1.807, 2.05) is 42.5 Å². The van der Waals surface area contributed by atoms with Gasteiger partial charge in [0, 0.05) is 30.6 Å². The lowest BCUT2D eigenvalue weighted by atomic mass is 9.65. The summed E-state index contributed by atoms with van der Waals surface area (Å²) in [4.78, 5) is 21.4. The fourth-order valence-electron chi connectivity index (χ4n) is 5.41. The molecule has 4 atom stereocenters. The van der Waals surface area contributed by atoms with Crippen molar-refractivity contribution in [3.63, 3.8) is 0 Å². The van der Waals surface area contributed by atoms with Gasteiger partial charge >= 0.3 is 6.03 Å². The molecule has 1 saturated carbocycles. The van der Waals surface area contributed by atoms with Crippen LogP contribution in [-0.2, 0) is 0 Å². The van der Waals surface area contributed by atoms with Crippen LogP contribution in [0.5, 0.6) is 0 Å². The average molecular weight is 460 g/mol. The van der Waals surface area contributed by atoms with Crippen LogP contribution < -0.4 is 10.6 Å². The minimum atomic E-state index is -0.270. The number of urea groups is 1. The van der Waals surface area contributed by atoms with Crippen LogP contribution in [0.25, 0.3) is 0 Å². The van der Waals surface area contributed by atoms with Crippen molar-refractivity contribution in [1.29, 1.82) is 5.41 Å². The van der Waals surface area contributed by atoms with E-state index in [2.05, 4.69) is 28.6 Å². The standard InChI is InChI=1S/C27H33N5O2/c1-27-16-20(17-28)25(31-23-8-5-11-29-18-23)15-22(27)10-9-21(27)14-24(19-6-3-2-4-7-19)32-26(34)30-12-13-33/h2-8,11,15,17-18,20-21,24,28,33H,9-10,12-14,16H2,1H3,(H2,30,32,34). The summed E-state index contributed by atoms with van der Waals surface area (Å²) in [5, 5.41) is 23.0. The van der Waals surface area contributed by atoms with Gasteiger partial charge in [-0.15, -0.1) is 0 Å². The summed E-state index contributed by atoms with van der Waals surface area (Å²) < 4.78 is 0. The van der Waals surface area contributed by atoms with Gasteiger partial charge in [0.25, 0.3) is 0 Å². The molecule has 0 saturated heterocycles. The van der Waals surface area contributed by atoms with Gasteiger partial charge in [-0.25, -0.2) is 4.79 Å². The molecule has 0 spiro atoms. The topological polar surface area (TPSA) is 110 Å². The van der Waals surface area contributed by atoms with Gasteiger partial charge in [-0.05, 0) is 60.8 Å². The molecule has 7 nitrogen and oxygen atoms in total. The summed E-state index contributed by atoms with van der Waals surface area (Å²) in [5.41, 5.74) is 4.14. The number of aliphatic hydroxyl groups excluding tert-OH is 1. The number of carbonyl (C=O) groups is 1. The highest BCUT2D eigenvalue weighted by atomic mass is 16.3. The molecular weight excluding hydrogens is 426 g/mol. The van der Waals surface area contributed by atoms with Crippen molar-refractivity contribution in [2.45, 2.75) is 38.6 Å². The predicted molar refractivity (Wildman–Crippen MR) is 135 cm³/mol. The van der Waals surface area contributed by atoms with Crippen molar-refractivity contribution in [1.82, 2.24) is 15.6 Å². The molecule has 1 heterocycles. The highest BCUT2D eigenvalue weighted by Crippen LogP contribution is 2.56. The van der Waals surface area contributed by atoms with Crippen molar-refractivity contribution < 1.29 is 9.90 Å². The zero-order chi connectivity index (χ0) is 24.0. The van der Waals surface area contributed by atoms with E-state index in [0.29, 0.717) is 5.92 Å². The lowest BCUT2D eigenvalue weighted by Gasteiger charge is -2.40. The van der Waals surface area contributed by atoms with E-state index in [1.54, 1.807) is 12.4 Å². The van der Waals surface area contributed by atoms with Gasteiger partial charge in [0.1, 0.15) is 0 Å². The first-order valence-corrected chi connectivity index (χ1v) is 11.9. The van der Waals surface area contributed by atoms with Crippen molar-refractivity contribution in [3.8, 4) is 0 Å². The molecule has 4 N–H and O–H groups in total. The summed E-state index contributed by atoms with van der Waals surface area (Å²) in [5.74, 6) is 0.315. The van der Waals surface area contributed by atoms with E-state index in [-0.39, 0.29) is 36.6 Å². The van der Waals surface area contributed by atoms with Gasteiger partial charge in [0.05, 0.1) is 24.5 Å². The number of aliphatic hydroxyl groups is 1. The molecule has 2 aromatic rings. The number of hydrogen-bond donors (Lipinski definition) is 4. The van der Waals surface area contributed by atoms with Crippen molar-refractivity contribution in [3.05, 3.63) is 72.1 Å². The Morgan fingerprint density at radius 3 is 2.85 bits per heavy atom. The smallest absolute Gasteiger partial charge is 0.315 e. The number of aromatic nitrogens is 1. The van der Waals surface area contributed by atoms with Crippen LogP contribution in [0.1, 0.15) is 44.2 Å². The molecule has 1 aromatic carbocycles. The minimum absolute atomic E-state index is 0.0491. The van der Waals surface area contributed by atoms with Gasteiger partial charge in [-0.3, -0.25) is 9.98 Å². The molecule has 34 heavy (non-hydrogen) atoms. The maximum atomic E-state index is 12.4. The van der Waals surface area contributed by atoms with Gasteiger partial charge < -0.3 is 21.1 Å². The van der Waals surface area contributed by atoms with E-state index in [1.165, 1.54) is 11.8 Å². The summed E-state index contributed by atoms with van der Waals surface area (Å²) in [7, 11) is 0. The Morgan fingerprint density at radius 1 is 1.32 bits per heavy atom. The zero-order valence-electron chi connectivity index (χ0n) is 19.6. The summed E-state index contributed by atoms with van der Waals surface area (Å²) in [6.07, 6.45) is 10.9. The maximum Gasteiger partial charge on any atom is 0.315 e. The summed E-state index contributed by atoms with van der Waals surface area (Å²) in [6, 6.07) is 13.5. The largest absolute Gasteiger partial charge is 0.395 e. The Kier molecular flexibility index (Phi) is 7.53. The third-order valence-electron chi connectivity index (χ3n) is 7.27. The minimum Gasteiger partial charge on any atom is -0.395 e. The molecule has 4 rings (SSSR count). The zero-order valence-corrected chi connectivity index (χ0v) is 19.6. The lowest BCUT2D eigenvalue weighted by molar-refractivity contribution is 0.203. The quantitative estimate of drug-likeness (QED) is 0.433. The molecule has 178 valence electrons. The van der Waals surface area contributed by atoms with E-state index < -0.39 is 0 Å². The first-order valence-electron chi connectivity index (χ1n) is 11.9.